The molecule has 2 rings (SSSR count). The predicted octanol–water partition coefficient (Wildman–Crippen LogP) is 3.93. The number of rotatable bonds is 10. The van der Waals surface area contributed by atoms with Crippen LogP contribution in [0.25, 0.3) is 0 Å². The van der Waals surface area contributed by atoms with E-state index in [0.29, 0.717) is 36.1 Å². The summed E-state index contributed by atoms with van der Waals surface area (Å²) in [6.07, 6.45) is 2.25. The highest BCUT2D eigenvalue weighted by atomic mass is 35.5. The molecule has 0 radical (unpaired) electrons. The molecule has 0 unspecified atom stereocenters. The van der Waals surface area contributed by atoms with E-state index in [1.807, 2.05) is 36.4 Å². The summed E-state index contributed by atoms with van der Waals surface area (Å²) >= 11 is 6.37. The summed E-state index contributed by atoms with van der Waals surface area (Å²) in [6.45, 7) is 0.964. The maximum atomic E-state index is 11.3. The largest absolute Gasteiger partial charge is 0.493 e. The van der Waals surface area contributed by atoms with Crippen molar-refractivity contribution in [2.45, 2.75) is 25.7 Å². The van der Waals surface area contributed by atoms with Gasteiger partial charge in [0.15, 0.2) is 11.5 Å². The van der Waals surface area contributed by atoms with E-state index >= 15 is 0 Å². The molecule has 0 aromatic heterocycles. The number of nitrogens with one attached hydrogen (secondary N) is 1. The molecule has 2 aromatic carbocycles. The second-order valence-corrected chi connectivity index (χ2v) is 6.39. The summed E-state index contributed by atoms with van der Waals surface area (Å²) < 4.78 is 11.3. The molecule has 0 saturated heterocycles. The molecule has 0 bridgehead atoms. The fourth-order valence-corrected chi connectivity index (χ4v) is 2.92. The van der Waals surface area contributed by atoms with Gasteiger partial charge in [-0.2, -0.15) is 5.26 Å². The lowest BCUT2D eigenvalue weighted by Gasteiger charge is -2.14. The van der Waals surface area contributed by atoms with Crippen molar-refractivity contribution in [1.82, 2.24) is 5.32 Å². The van der Waals surface area contributed by atoms with Crippen molar-refractivity contribution in [2.24, 2.45) is 0 Å². The fraction of sp³-hybridized carbons (Fsp3) is 0.333. The Morgan fingerprint density at radius 2 is 1.96 bits per heavy atom. The zero-order valence-corrected chi connectivity index (χ0v) is 16.1. The zero-order valence-electron chi connectivity index (χ0n) is 15.3. The molecule has 0 aliphatic heterocycles. The number of methoxy groups -OCH3 is 1. The van der Waals surface area contributed by atoms with Crippen molar-refractivity contribution >= 4 is 17.5 Å². The van der Waals surface area contributed by atoms with Gasteiger partial charge in [0.25, 0.3) is 0 Å². The van der Waals surface area contributed by atoms with E-state index in [0.717, 1.165) is 18.4 Å². The average molecular weight is 387 g/mol. The molecule has 0 heterocycles. The smallest absolute Gasteiger partial charge is 0.234 e. The van der Waals surface area contributed by atoms with Gasteiger partial charge in [-0.1, -0.05) is 41.9 Å². The van der Waals surface area contributed by atoms with Crippen LogP contribution in [0.2, 0.25) is 5.02 Å². The summed E-state index contributed by atoms with van der Waals surface area (Å²) in [7, 11) is 1.57. The third-order valence-electron chi connectivity index (χ3n) is 3.96. The van der Waals surface area contributed by atoms with Gasteiger partial charge in [0, 0.05) is 6.54 Å². The van der Waals surface area contributed by atoms with Crippen molar-refractivity contribution in [2.75, 3.05) is 20.3 Å². The molecule has 2 aromatic rings. The Hall–Kier alpha value is -2.71. The van der Waals surface area contributed by atoms with E-state index in [9.17, 15) is 4.79 Å². The van der Waals surface area contributed by atoms with Crippen LogP contribution in [0.1, 0.15) is 24.0 Å². The lowest BCUT2D eigenvalue weighted by molar-refractivity contribution is -0.120. The number of amides is 1. The van der Waals surface area contributed by atoms with Gasteiger partial charge in [-0.05, 0) is 42.5 Å². The Bertz CT molecular complexity index is 788. The SMILES string of the molecule is COc1cc(CCNC(=O)CC#N)cc(Cl)c1OCCCc1ccccc1. The van der Waals surface area contributed by atoms with Crippen molar-refractivity contribution in [1.29, 1.82) is 5.26 Å². The van der Waals surface area contributed by atoms with Crippen LogP contribution >= 0.6 is 11.6 Å². The number of aryl methyl sites for hydroxylation is 1. The number of benzene rings is 2. The number of carbonyl (C=O) groups excluding carboxylic acids is 1. The third kappa shape index (κ3) is 6.84. The van der Waals surface area contributed by atoms with Gasteiger partial charge >= 0.3 is 0 Å². The summed E-state index contributed by atoms with van der Waals surface area (Å²) in [5, 5.41) is 11.6. The van der Waals surface area contributed by atoms with E-state index in [2.05, 4.69) is 17.4 Å². The van der Waals surface area contributed by atoms with E-state index in [1.165, 1.54) is 5.56 Å². The molecule has 0 spiro atoms. The van der Waals surface area contributed by atoms with E-state index in [1.54, 1.807) is 7.11 Å². The number of nitrogens with zero attached hydrogens (tertiary/aromatic N) is 1. The second kappa shape index (κ2) is 11.1. The first kappa shape index (κ1) is 20.6. The van der Waals surface area contributed by atoms with Gasteiger partial charge in [-0.25, -0.2) is 0 Å². The number of halogens is 1. The molecule has 1 amide bonds. The Balaban J connectivity index is 1.89. The van der Waals surface area contributed by atoms with Gasteiger partial charge in [0.1, 0.15) is 6.42 Å². The number of hydrogen-bond acceptors (Lipinski definition) is 4. The molecule has 0 saturated carbocycles. The number of carbonyl (C=O) groups is 1. The number of ether oxygens (including phenoxy) is 2. The zero-order chi connectivity index (χ0) is 19.5. The highest BCUT2D eigenvalue weighted by Gasteiger charge is 2.12. The molecule has 0 fully saturated rings. The molecule has 0 aliphatic rings. The minimum absolute atomic E-state index is 0.139. The Labute approximate surface area is 164 Å². The first-order valence-electron chi connectivity index (χ1n) is 8.81. The maximum Gasteiger partial charge on any atom is 0.234 e. The van der Waals surface area contributed by atoms with Crippen molar-refractivity contribution < 1.29 is 14.3 Å². The molecule has 142 valence electrons. The summed E-state index contributed by atoms with van der Waals surface area (Å²) in [6, 6.07) is 15.7. The topological polar surface area (TPSA) is 71.3 Å². The van der Waals surface area contributed by atoms with Crippen LogP contribution in [0.5, 0.6) is 11.5 Å². The van der Waals surface area contributed by atoms with Crippen molar-refractivity contribution in [3.8, 4) is 17.6 Å². The molecule has 6 heteroatoms. The van der Waals surface area contributed by atoms with Crippen molar-refractivity contribution in [3.63, 3.8) is 0 Å². The lowest BCUT2D eigenvalue weighted by atomic mass is 10.1. The Morgan fingerprint density at radius 3 is 2.67 bits per heavy atom. The van der Waals surface area contributed by atoms with Gasteiger partial charge in [0.2, 0.25) is 5.91 Å². The third-order valence-corrected chi connectivity index (χ3v) is 4.24. The maximum absolute atomic E-state index is 11.3. The highest BCUT2D eigenvalue weighted by Crippen LogP contribution is 2.36. The van der Waals surface area contributed by atoms with E-state index < -0.39 is 0 Å². The number of hydrogen-bond donors (Lipinski definition) is 1. The van der Waals surface area contributed by atoms with Crippen molar-refractivity contribution in [3.05, 3.63) is 58.6 Å². The highest BCUT2D eigenvalue weighted by molar-refractivity contribution is 6.32. The van der Waals surface area contributed by atoms with Crippen LogP contribution in [0, 0.1) is 11.3 Å². The Morgan fingerprint density at radius 1 is 1.19 bits per heavy atom. The van der Waals surface area contributed by atoms with Gasteiger partial charge in [-0.3, -0.25) is 4.79 Å². The quantitative estimate of drug-likeness (QED) is 0.628. The molecular formula is C21H23ClN2O3. The normalized spacial score (nSPS) is 10.1. The second-order valence-electron chi connectivity index (χ2n) is 5.98. The first-order chi connectivity index (χ1) is 13.1. The molecule has 5 nitrogen and oxygen atoms in total. The molecule has 0 aliphatic carbocycles. The number of nitriles is 1. The predicted molar refractivity (Wildman–Crippen MR) is 105 cm³/mol. The standard InChI is InChI=1S/C21H23ClN2O3/c1-26-19-15-17(10-12-24-20(25)9-11-23)14-18(22)21(19)27-13-5-8-16-6-3-2-4-7-16/h2-4,6-7,14-15H,5,8-10,12-13H2,1H3,(H,24,25). The lowest BCUT2D eigenvalue weighted by Crippen LogP contribution is -2.24. The monoisotopic (exact) mass is 386 g/mol. The average Bonchev–Trinajstić information content (AvgIpc) is 2.67. The Kier molecular flexibility index (Phi) is 8.47. The van der Waals surface area contributed by atoms with Crippen LogP contribution in [-0.4, -0.2) is 26.2 Å². The summed E-state index contributed by atoms with van der Waals surface area (Å²) in [4.78, 5) is 11.3. The van der Waals surface area contributed by atoms with Gasteiger partial charge in [-0.15, -0.1) is 0 Å². The molecule has 0 atom stereocenters. The van der Waals surface area contributed by atoms with Crippen LogP contribution < -0.4 is 14.8 Å². The minimum atomic E-state index is -0.283. The molecule has 1 N–H and O–H groups in total. The minimum Gasteiger partial charge on any atom is -0.493 e. The molecule has 27 heavy (non-hydrogen) atoms. The summed E-state index contributed by atoms with van der Waals surface area (Å²) in [5.41, 5.74) is 2.19. The van der Waals surface area contributed by atoms with Gasteiger partial charge < -0.3 is 14.8 Å². The van der Waals surface area contributed by atoms with E-state index in [-0.39, 0.29) is 12.3 Å². The van der Waals surface area contributed by atoms with Gasteiger partial charge in [0.05, 0.1) is 24.8 Å². The van der Waals surface area contributed by atoms with Crippen LogP contribution in [0.3, 0.4) is 0 Å². The molecular weight excluding hydrogens is 364 g/mol. The summed E-state index contributed by atoms with van der Waals surface area (Å²) in [5.74, 6) is 0.819. The van der Waals surface area contributed by atoms with E-state index in [4.69, 9.17) is 26.3 Å². The fourth-order valence-electron chi connectivity index (χ4n) is 2.63. The van der Waals surface area contributed by atoms with Crippen LogP contribution in [0.4, 0.5) is 0 Å². The van der Waals surface area contributed by atoms with Crippen LogP contribution in [0.15, 0.2) is 42.5 Å². The first-order valence-corrected chi connectivity index (χ1v) is 9.18. The van der Waals surface area contributed by atoms with Crippen LogP contribution in [-0.2, 0) is 17.6 Å².